The minimum atomic E-state index is -1.14. The molecule has 0 radical (unpaired) electrons. The Hall–Kier alpha value is -3.44. The van der Waals surface area contributed by atoms with E-state index in [1.165, 1.54) is 0 Å². The molecule has 1 unspecified atom stereocenters. The van der Waals surface area contributed by atoms with Gasteiger partial charge in [0.1, 0.15) is 5.75 Å². The first-order chi connectivity index (χ1) is 12.6. The van der Waals surface area contributed by atoms with Crippen LogP contribution < -0.4 is 15.8 Å². The van der Waals surface area contributed by atoms with Crippen LogP contribution in [-0.4, -0.2) is 17.9 Å². The monoisotopic (exact) mass is 346 g/mol. The fraction of sp³-hybridized carbons (Fsp3) is 0.0476. The number of amides is 1. The zero-order valence-corrected chi connectivity index (χ0v) is 14.0. The fourth-order valence-electron chi connectivity index (χ4n) is 2.37. The number of ketones is 1. The number of rotatable bonds is 6. The van der Waals surface area contributed by atoms with Gasteiger partial charge in [-0.05, 0) is 36.4 Å². The van der Waals surface area contributed by atoms with Crippen LogP contribution in [0.25, 0.3) is 0 Å². The van der Waals surface area contributed by atoms with E-state index in [0.717, 1.165) is 0 Å². The summed E-state index contributed by atoms with van der Waals surface area (Å²) in [7, 11) is 0. The van der Waals surface area contributed by atoms with Gasteiger partial charge in [0.2, 0.25) is 6.23 Å². The number of hydrogen-bond donors (Lipinski definition) is 2. The van der Waals surface area contributed by atoms with E-state index in [4.69, 9.17) is 10.5 Å². The van der Waals surface area contributed by atoms with Gasteiger partial charge in [0, 0.05) is 16.8 Å². The highest BCUT2D eigenvalue weighted by atomic mass is 16.5. The van der Waals surface area contributed by atoms with E-state index in [0.29, 0.717) is 22.6 Å². The molecule has 0 saturated carbocycles. The molecule has 0 spiro atoms. The van der Waals surface area contributed by atoms with Crippen molar-refractivity contribution < 1.29 is 14.3 Å². The summed E-state index contributed by atoms with van der Waals surface area (Å²) >= 11 is 0. The van der Waals surface area contributed by atoms with Crippen molar-refractivity contribution in [2.45, 2.75) is 6.23 Å². The molecule has 0 fully saturated rings. The van der Waals surface area contributed by atoms with Crippen LogP contribution in [0.1, 0.15) is 15.9 Å². The summed E-state index contributed by atoms with van der Waals surface area (Å²) in [5.74, 6) is -0.0393. The summed E-state index contributed by atoms with van der Waals surface area (Å²) in [6.45, 7) is 0. The Kier molecular flexibility index (Phi) is 5.41. The van der Waals surface area contributed by atoms with Gasteiger partial charge < -0.3 is 10.1 Å². The molecule has 1 atom stereocenters. The zero-order chi connectivity index (χ0) is 18.4. The standard InChI is InChI=1S/C21H18N2O3/c22-20(26-18-9-5-2-6-10-18)21(25)23-17-13-11-16(12-14-17)19(24)15-7-3-1-4-8-15/h1-14,20H,22H2,(H,23,25). The Morgan fingerprint density at radius 2 is 1.31 bits per heavy atom. The first-order valence-electron chi connectivity index (χ1n) is 8.11. The summed E-state index contributed by atoms with van der Waals surface area (Å²) in [5, 5.41) is 2.67. The van der Waals surface area contributed by atoms with Crippen LogP contribution in [0.5, 0.6) is 5.75 Å². The Balaban J connectivity index is 1.62. The molecule has 3 aromatic rings. The van der Waals surface area contributed by atoms with Crippen LogP contribution >= 0.6 is 0 Å². The lowest BCUT2D eigenvalue weighted by atomic mass is 10.0. The zero-order valence-electron chi connectivity index (χ0n) is 14.0. The molecular weight excluding hydrogens is 328 g/mol. The molecule has 0 aromatic heterocycles. The first kappa shape index (κ1) is 17.4. The summed E-state index contributed by atoms with van der Waals surface area (Å²) in [4.78, 5) is 24.5. The van der Waals surface area contributed by atoms with Crippen molar-refractivity contribution >= 4 is 17.4 Å². The minimum Gasteiger partial charge on any atom is -0.466 e. The maximum absolute atomic E-state index is 12.4. The molecule has 0 bridgehead atoms. The van der Waals surface area contributed by atoms with Crippen molar-refractivity contribution in [1.82, 2.24) is 0 Å². The van der Waals surface area contributed by atoms with Crippen LogP contribution in [0, 0.1) is 0 Å². The number of ether oxygens (including phenoxy) is 1. The SMILES string of the molecule is NC(Oc1ccccc1)C(=O)Nc1ccc(C(=O)c2ccccc2)cc1. The number of benzene rings is 3. The molecule has 3 rings (SSSR count). The van der Waals surface area contributed by atoms with Gasteiger partial charge in [-0.15, -0.1) is 0 Å². The third-order valence-electron chi connectivity index (χ3n) is 3.72. The van der Waals surface area contributed by atoms with E-state index in [1.807, 2.05) is 24.3 Å². The van der Waals surface area contributed by atoms with Crippen molar-refractivity contribution in [3.63, 3.8) is 0 Å². The molecule has 26 heavy (non-hydrogen) atoms. The Bertz CT molecular complexity index is 878. The normalized spacial score (nSPS) is 11.4. The van der Waals surface area contributed by atoms with Crippen molar-refractivity contribution in [3.05, 3.63) is 96.1 Å². The van der Waals surface area contributed by atoms with E-state index in [1.54, 1.807) is 60.7 Å². The molecule has 5 nitrogen and oxygen atoms in total. The lowest BCUT2D eigenvalue weighted by molar-refractivity contribution is -0.122. The van der Waals surface area contributed by atoms with Gasteiger partial charge in [-0.25, -0.2) is 0 Å². The van der Waals surface area contributed by atoms with Gasteiger partial charge in [-0.3, -0.25) is 15.3 Å². The van der Waals surface area contributed by atoms with Crippen LogP contribution in [-0.2, 0) is 4.79 Å². The minimum absolute atomic E-state index is 0.0763. The topological polar surface area (TPSA) is 81.4 Å². The predicted molar refractivity (Wildman–Crippen MR) is 100.0 cm³/mol. The van der Waals surface area contributed by atoms with Gasteiger partial charge >= 0.3 is 0 Å². The average molecular weight is 346 g/mol. The highest BCUT2D eigenvalue weighted by Gasteiger charge is 2.16. The molecule has 0 heterocycles. The molecule has 5 heteroatoms. The molecule has 1 amide bonds. The second kappa shape index (κ2) is 8.09. The lowest BCUT2D eigenvalue weighted by Crippen LogP contribution is -2.40. The van der Waals surface area contributed by atoms with Crippen molar-refractivity contribution in [2.24, 2.45) is 5.73 Å². The van der Waals surface area contributed by atoms with E-state index >= 15 is 0 Å². The maximum Gasteiger partial charge on any atom is 0.280 e. The van der Waals surface area contributed by atoms with E-state index in [-0.39, 0.29) is 5.78 Å². The molecular formula is C21H18N2O3. The molecule has 130 valence electrons. The highest BCUT2D eigenvalue weighted by Crippen LogP contribution is 2.15. The Morgan fingerprint density at radius 1 is 0.769 bits per heavy atom. The van der Waals surface area contributed by atoms with Gasteiger partial charge in [0.25, 0.3) is 5.91 Å². The highest BCUT2D eigenvalue weighted by molar-refractivity contribution is 6.09. The second-order valence-electron chi connectivity index (χ2n) is 5.61. The average Bonchev–Trinajstić information content (AvgIpc) is 2.69. The summed E-state index contributed by atoms with van der Waals surface area (Å²) in [5.41, 5.74) is 7.45. The van der Waals surface area contributed by atoms with Crippen LogP contribution in [0.2, 0.25) is 0 Å². The molecule has 0 aliphatic rings. The van der Waals surface area contributed by atoms with Crippen molar-refractivity contribution in [1.29, 1.82) is 0 Å². The van der Waals surface area contributed by atoms with Crippen molar-refractivity contribution in [2.75, 3.05) is 5.32 Å². The molecule has 0 saturated heterocycles. The predicted octanol–water partition coefficient (Wildman–Crippen LogP) is 3.22. The quantitative estimate of drug-likeness (QED) is 0.530. The number of nitrogens with two attached hydrogens (primary N) is 1. The summed E-state index contributed by atoms with van der Waals surface area (Å²) in [6, 6.07) is 24.5. The number of anilines is 1. The number of carbonyl (C=O) groups is 2. The first-order valence-corrected chi connectivity index (χ1v) is 8.11. The van der Waals surface area contributed by atoms with Gasteiger partial charge in [-0.1, -0.05) is 48.5 Å². The summed E-state index contributed by atoms with van der Waals surface area (Å²) in [6.07, 6.45) is -1.14. The maximum atomic E-state index is 12.4. The van der Waals surface area contributed by atoms with Gasteiger partial charge in [0.15, 0.2) is 5.78 Å². The van der Waals surface area contributed by atoms with Crippen molar-refractivity contribution in [3.8, 4) is 5.75 Å². The number of carbonyl (C=O) groups excluding carboxylic acids is 2. The van der Waals surface area contributed by atoms with Gasteiger partial charge in [-0.2, -0.15) is 0 Å². The Labute approximate surface area is 151 Å². The van der Waals surface area contributed by atoms with Crippen LogP contribution in [0.4, 0.5) is 5.69 Å². The molecule has 0 aliphatic carbocycles. The third kappa shape index (κ3) is 4.34. The van der Waals surface area contributed by atoms with Crippen LogP contribution in [0.15, 0.2) is 84.9 Å². The third-order valence-corrected chi connectivity index (χ3v) is 3.72. The molecule has 3 N–H and O–H groups in total. The van der Waals surface area contributed by atoms with E-state index in [9.17, 15) is 9.59 Å². The largest absolute Gasteiger partial charge is 0.466 e. The smallest absolute Gasteiger partial charge is 0.280 e. The molecule has 0 aliphatic heterocycles. The summed E-state index contributed by atoms with van der Waals surface area (Å²) < 4.78 is 5.38. The Morgan fingerprint density at radius 3 is 1.92 bits per heavy atom. The van der Waals surface area contributed by atoms with E-state index < -0.39 is 12.1 Å². The number of hydrogen-bond acceptors (Lipinski definition) is 4. The van der Waals surface area contributed by atoms with Crippen LogP contribution in [0.3, 0.4) is 0 Å². The molecule has 3 aromatic carbocycles. The van der Waals surface area contributed by atoms with Gasteiger partial charge in [0.05, 0.1) is 0 Å². The second-order valence-corrected chi connectivity index (χ2v) is 5.61. The number of nitrogens with one attached hydrogen (secondary N) is 1. The van der Waals surface area contributed by atoms with E-state index in [2.05, 4.69) is 5.32 Å². The fourth-order valence-corrected chi connectivity index (χ4v) is 2.37. The lowest BCUT2D eigenvalue weighted by Gasteiger charge is -2.14. The number of para-hydroxylation sites is 1.